The zero-order valence-corrected chi connectivity index (χ0v) is 11.5. The van der Waals surface area contributed by atoms with Crippen molar-refractivity contribution in [3.63, 3.8) is 0 Å². The first kappa shape index (κ1) is 14.2. The molecule has 0 unspecified atom stereocenters. The maximum Gasteiger partial charge on any atom is 0.0921 e. The summed E-state index contributed by atoms with van der Waals surface area (Å²) >= 11 is 0. The van der Waals surface area contributed by atoms with E-state index in [0.717, 1.165) is 12.1 Å². The number of aromatic nitrogens is 2. The Morgan fingerprint density at radius 1 is 1.17 bits per heavy atom. The van der Waals surface area contributed by atoms with E-state index in [4.69, 9.17) is 0 Å². The minimum atomic E-state index is 1.11. The van der Waals surface area contributed by atoms with Crippen LogP contribution in [0.5, 0.6) is 0 Å². The molecule has 2 aliphatic carbocycles. The fraction of sp³-hybridized carbons (Fsp3) is 0.312. The Morgan fingerprint density at radius 3 is 2.17 bits per heavy atom. The topological polar surface area (TPSA) is 28.7 Å². The number of aryl methyl sites for hydroxylation is 1. The summed E-state index contributed by atoms with van der Waals surface area (Å²) in [6.45, 7) is 6.22. The maximum absolute atomic E-state index is 3.77. The van der Waals surface area contributed by atoms with Crippen molar-refractivity contribution in [1.82, 2.24) is 9.97 Å². The van der Waals surface area contributed by atoms with Gasteiger partial charge in [0.1, 0.15) is 0 Å². The molecule has 0 amide bonds. The first-order valence-electron chi connectivity index (χ1n) is 6.29. The SMILES string of the molecule is CC1=CC=CC1.CC1=CCC=C1.Cc1cnc[nH]1. The molecule has 1 N–H and O–H groups in total. The van der Waals surface area contributed by atoms with Gasteiger partial charge in [-0.3, -0.25) is 0 Å². The van der Waals surface area contributed by atoms with Gasteiger partial charge in [0.25, 0.3) is 0 Å². The lowest BCUT2D eigenvalue weighted by atomic mass is 10.3. The molecule has 0 radical (unpaired) electrons. The van der Waals surface area contributed by atoms with Crippen LogP contribution in [0.15, 0.2) is 60.1 Å². The van der Waals surface area contributed by atoms with Gasteiger partial charge in [-0.2, -0.15) is 0 Å². The van der Waals surface area contributed by atoms with E-state index in [-0.39, 0.29) is 0 Å². The van der Waals surface area contributed by atoms with Crippen molar-refractivity contribution in [3.8, 4) is 0 Å². The van der Waals surface area contributed by atoms with Crippen LogP contribution < -0.4 is 0 Å². The quantitative estimate of drug-likeness (QED) is 0.712. The Morgan fingerprint density at radius 2 is 2.00 bits per heavy atom. The number of imidazole rings is 1. The van der Waals surface area contributed by atoms with Crippen molar-refractivity contribution in [1.29, 1.82) is 0 Å². The van der Waals surface area contributed by atoms with E-state index in [1.54, 1.807) is 12.5 Å². The monoisotopic (exact) mass is 242 g/mol. The third-order valence-electron chi connectivity index (χ3n) is 2.55. The van der Waals surface area contributed by atoms with Gasteiger partial charge in [0, 0.05) is 11.9 Å². The molecule has 0 aliphatic heterocycles. The molecule has 18 heavy (non-hydrogen) atoms. The van der Waals surface area contributed by atoms with Crippen LogP contribution >= 0.6 is 0 Å². The molecule has 96 valence electrons. The smallest absolute Gasteiger partial charge is 0.0921 e. The molecule has 0 spiro atoms. The molecule has 2 heteroatoms. The summed E-state index contributed by atoms with van der Waals surface area (Å²) in [4.78, 5) is 6.66. The molecule has 2 aliphatic rings. The van der Waals surface area contributed by atoms with Crippen LogP contribution in [0, 0.1) is 6.92 Å². The lowest BCUT2D eigenvalue weighted by molar-refractivity contribution is 1.25. The second-order valence-electron chi connectivity index (χ2n) is 4.47. The third-order valence-corrected chi connectivity index (χ3v) is 2.55. The van der Waals surface area contributed by atoms with Crippen molar-refractivity contribution < 1.29 is 0 Å². The van der Waals surface area contributed by atoms with Gasteiger partial charge in [0.05, 0.1) is 6.33 Å². The van der Waals surface area contributed by atoms with Gasteiger partial charge in [0.2, 0.25) is 0 Å². The second-order valence-corrected chi connectivity index (χ2v) is 4.47. The summed E-state index contributed by atoms with van der Waals surface area (Å²) in [5.41, 5.74) is 3.97. The Kier molecular flexibility index (Phi) is 6.55. The number of rotatable bonds is 0. The molecule has 0 atom stereocenters. The molecule has 3 rings (SSSR count). The highest BCUT2D eigenvalue weighted by Gasteiger charge is 1.86. The van der Waals surface area contributed by atoms with E-state index in [2.05, 4.69) is 60.3 Å². The molecule has 0 saturated heterocycles. The summed E-state index contributed by atoms with van der Waals surface area (Å²) in [7, 11) is 0. The standard InChI is InChI=1S/2C6H8.C4H6N2/c2*1-6-4-2-3-5-6;1-4-2-5-3-6-4/h2,4-5H,3H2,1H3;2-4H,5H2,1H3;2-3H,1H3,(H,5,6). The molecular weight excluding hydrogens is 220 g/mol. The lowest BCUT2D eigenvalue weighted by Gasteiger charge is -1.78. The summed E-state index contributed by atoms with van der Waals surface area (Å²) < 4.78 is 0. The summed E-state index contributed by atoms with van der Waals surface area (Å²) in [6.07, 6.45) is 18.7. The predicted octanol–water partition coefficient (Wildman–Crippen LogP) is 4.50. The molecule has 0 saturated carbocycles. The van der Waals surface area contributed by atoms with Crippen LogP contribution in [0.25, 0.3) is 0 Å². The maximum atomic E-state index is 3.77. The highest BCUT2D eigenvalue weighted by Crippen LogP contribution is 2.06. The fourth-order valence-corrected chi connectivity index (χ4v) is 1.46. The van der Waals surface area contributed by atoms with Crippen LogP contribution in [0.4, 0.5) is 0 Å². The number of nitrogens with zero attached hydrogens (tertiary/aromatic N) is 1. The van der Waals surface area contributed by atoms with E-state index in [1.807, 2.05) is 6.92 Å². The number of allylic oxidation sites excluding steroid dienone is 8. The van der Waals surface area contributed by atoms with Crippen LogP contribution in [0.1, 0.15) is 32.4 Å². The van der Waals surface area contributed by atoms with E-state index < -0.39 is 0 Å². The van der Waals surface area contributed by atoms with Gasteiger partial charge in [-0.1, -0.05) is 47.6 Å². The Bertz CT molecular complexity index is 443. The lowest BCUT2D eigenvalue weighted by Crippen LogP contribution is -1.59. The minimum Gasteiger partial charge on any atom is -0.349 e. The summed E-state index contributed by atoms with van der Waals surface area (Å²) in [5, 5.41) is 0. The molecule has 0 aromatic carbocycles. The fourth-order valence-electron chi connectivity index (χ4n) is 1.46. The molecule has 0 bridgehead atoms. The molecular formula is C16H22N2. The van der Waals surface area contributed by atoms with Gasteiger partial charge in [-0.05, 0) is 33.6 Å². The second kappa shape index (κ2) is 8.29. The Labute approximate surface area is 110 Å². The highest BCUT2D eigenvalue weighted by atomic mass is 14.8. The average Bonchev–Trinajstić information content (AvgIpc) is 3.05. The van der Waals surface area contributed by atoms with Crippen LogP contribution in [0.3, 0.4) is 0 Å². The first-order chi connectivity index (χ1) is 8.68. The van der Waals surface area contributed by atoms with Crippen LogP contribution in [-0.4, -0.2) is 9.97 Å². The largest absolute Gasteiger partial charge is 0.349 e. The molecule has 2 nitrogen and oxygen atoms in total. The number of hydrogen-bond donors (Lipinski definition) is 1. The molecule has 1 heterocycles. The number of aromatic amines is 1. The normalized spacial score (nSPS) is 15.3. The van der Waals surface area contributed by atoms with Gasteiger partial charge in [-0.15, -0.1) is 0 Å². The minimum absolute atomic E-state index is 1.11. The number of hydrogen-bond acceptors (Lipinski definition) is 1. The first-order valence-corrected chi connectivity index (χ1v) is 6.29. The third kappa shape index (κ3) is 6.69. The highest BCUT2D eigenvalue weighted by molar-refractivity contribution is 5.23. The van der Waals surface area contributed by atoms with Crippen LogP contribution in [0.2, 0.25) is 0 Å². The van der Waals surface area contributed by atoms with Gasteiger partial charge in [-0.25, -0.2) is 4.98 Å². The molecule has 0 fully saturated rings. The Balaban J connectivity index is 0.000000135. The summed E-state index contributed by atoms with van der Waals surface area (Å²) in [6, 6.07) is 0. The zero-order chi connectivity index (χ0) is 13.2. The van der Waals surface area contributed by atoms with Crippen molar-refractivity contribution in [3.05, 3.63) is 65.8 Å². The van der Waals surface area contributed by atoms with Gasteiger partial charge >= 0.3 is 0 Å². The van der Waals surface area contributed by atoms with E-state index >= 15 is 0 Å². The van der Waals surface area contributed by atoms with Crippen molar-refractivity contribution in [2.75, 3.05) is 0 Å². The average molecular weight is 242 g/mol. The van der Waals surface area contributed by atoms with Crippen LogP contribution in [-0.2, 0) is 0 Å². The molecule has 1 aromatic heterocycles. The Hall–Kier alpha value is -1.83. The zero-order valence-electron chi connectivity index (χ0n) is 11.5. The summed E-state index contributed by atoms with van der Waals surface area (Å²) in [5.74, 6) is 0. The number of H-pyrrole nitrogens is 1. The van der Waals surface area contributed by atoms with E-state index in [1.165, 1.54) is 17.6 Å². The number of nitrogens with one attached hydrogen (secondary N) is 1. The van der Waals surface area contributed by atoms with E-state index in [9.17, 15) is 0 Å². The predicted molar refractivity (Wildman–Crippen MR) is 78.4 cm³/mol. The van der Waals surface area contributed by atoms with Gasteiger partial charge < -0.3 is 4.98 Å². The molecule has 1 aromatic rings. The van der Waals surface area contributed by atoms with E-state index in [0.29, 0.717) is 0 Å². The van der Waals surface area contributed by atoms with Crippen molar-refractivity contribution >= 4 is 0 Å². The van der Waals surface area contributed by atoms with Crippen molar-refractivity contribution in [2.45, 2.75) is 33.6 Å². The van der Waals surface area contributed by atoms with Gasteiger partial charge in [0.15, 0.2) is 0 Å². The van der Waals surface area contributed by atoms with Crippen molar-refractivity contribution in [2.24, 2.45) is 0 Å².